The zero-order valence-electron chi connectivity index (χ0n) is 17.1. The highest BCUT2D eigenvalue weighted by atomic mass is 35.5. The minimum absolute atomic E-state index is 0.0239. The van der Waals surface area contributed by atoms with Crippen molar-refractivity contribution in [2.24, 2.45) is 0 Å². The molecule has 1 aromatic heterocycles. The lowest BCUT2D eigenvalue weighted by Gasteiger charge is -2.13. The summed E-state index contributed by atoms with van der Waals surface area (Å²) in [5, 5.41) is 5.48. The number of alkyl halides is 3. The minimum Gasteiger partial charge on any atom is -0.495 e. The van der Waals surface area contributed by atoms with Gasteiger partial charge in [-0.2, -0.15) is 13.2 Å². The van der Waals surface area contributed by atoms with Crippen molar-refractivity contribution in [2.45, 2.75) is 6.18 Å². The highest BCUT2D eigenvalue weighted by Crippen LogP contribution is 2.31. The van der Waals surface area contributed by atoms with Crippen LogP contribution in [0.3, 0.4) is 0 Å². The quantitative estimate of drug-likeness (QED) is 0.447. The molecule has 2 N–H and O–H groups in total. The maximum Gasteiger partial charge on any atom is 0.416 e. The van der Waals surface area contributed by atoms with Crippen molar-refractivity contribution in [1.82, 2.24) is 4.98 Å². The Labute approximate surface area is 191 Å². The van der Waals surface area contributed by atoms with Gasteiger partial charge in [0, 0.05) is 17.6 Å². The van der Waals surface area contributed by atoms with Gasteiger partial charge in [0.15, 0.2) is 6.61 Å². The molecule has 0 unspecified atom stereocenters. The lowest BCUT2D eigenvalue weighted by atomic mass is 10.2. The van der Waals surface area contributed by atoms with E-state index in [1.807, 2.05) is 0 Å². The number of methoxy groups -OCH3 is 1. The normalized spacial score (nSPS) is 10.9. The summed E-state index contributed by atoms with van der Waals surface area (Å²) in [5.74, 6) is -1.11. The molecule has 0 spiro atoms. The molecule has 7 nitrogen and oxygen atoms in total. The van der Waals surface area contributed by atoms with Crippen LogP contribution in [-0.2, 0) is 15.7 Å². The maximum absolute atomic E-state index is 12.9. The average molecular weight is 480 g/mol. The van der Waals surface area contributed by atoms with Gasteiger partial charge in [0.2, 0.25) is 0 Å². The van der Waals surface area contributed by atoms with Crippen LogP contribution in [0, 0.1) is 0 Å². The number of nitrogens with one attached hydrogen (secondary N) is 2. The van der Waals surface area contributed by atoms with Crippen LogP contribution in [0.15, 0.2) is 60.8 Å². The first-order valence-corrected chi connectivity index (χ1v) is 9.75. The molecule has 0 bridgehead atoms. The van der Waals surface area contributed by atoms with E-state index < -0.39 is 30.2 Å². The topological polar surface area (TPSA) is 89.5 Å². The number of rotatable bonds is 7. The SMILES string of the molecule is COc1ccc(NC(=O)COC(=O)c2cccnc2Nc2cccc(C(F)(F)F)c2)cc1Cl. The van der Waals surface area contributed by atoms with Gasteiger partial charge in [-0.05, 0) is 48.5 Å². The van der Waals surface area contributed by atoms with Crippen molar-refractivity contribution in [3.8, 4) is 5.75 Å². The number of benzene rings is 2. The van der Waals surface area contributed by atoms with Gasteiger partial charge in [0.05, 0.1) is 17.7 Å². The van der Waals surface area contributed by atoms with Gasteiger partial charge in [-0.3, -0.25) is 4.79 Å². The Morgan fingerprint density at radius 3 is 2.55 bits per heavy atom. The van der Waals surface area contributed by atoms with Gasteiger partial charge < -0.3 is 20.1 Å². The molecule has 0 aliphatic heterocycles. The third kappa shape index (κ3) is 6.36. The fourth-order valence-electron chi connectivity index (χ4n) is 2.73. The molecular weight excluding hydrogens is 463 g/mol. The molecule has 11 heteroatoms. The first kappa shape index (κ1) is 23.9. The number of carbonyl (C=O) groups excluding carboxylic acids is 2. The largest absolute Gasteiger partial charge is 0.495 e. The third-order valence-corrected chi connectivity index (χ3v) is 4.55. The van der Waals surface area contributed by atoms with Crippen molar-refractivity contribution >= 4 is 40.7 Å². The Bertz CT molecular complexity index is 1170. The number of ether oxygens (including phenoxy) is 2. The number of carbonyl (C=O) groups is 2. The Kier molecular flexibility index (Phi) is 7.39. The van der Waals surface area contributed by atoms with Crippen molar-refractivity contribution in [2.75, 3.05) is 24.4 Å². The molecule has 3 rings (SSSR count). The Morgan fingerprint density at radius 1 is 1.06 bits per heavy atom. The van der Waals surface area contributed by atoms with Crippen LogP contribution < -0.4 is 15.4 Å². The molecule has 0 atom stereocenters. The first-order valence-electron chi connectivity index (χ1n) is 9.37. The van der Waals surface area contributed by atoms with Gasteiger partial charge in [-0.25, -0.2) is 9.78 Å². The smallest absolute Gasteiger partial charge is 0.416 e. The lowest BCUT2D eigenvalue weighted by molar-refractivity contribution is -0.137. The second-order valence-electron chi connectivity index (χ2n) is 6.58. The summed E-state index contributed by atoms with van der Waals surface area (Å²) in [5.41, 5.74) is -0.472. The number of nitrogens with zero attached hydrogens (tertiary/aromatic N) is 1. The summed E-state index contributed by atoms with van der Waals surface area (Å²) in [4.78, 5) is 28.6. The van der Waals surface area contributed by atoms with Crippen molar-refractivity contribution < 1.29 is 32.2 Å². The standard InChI is InChI=1S/C22H17ClF3N3O4/c1-32-18-8-7-15(11-17(18)23)28-19(30)12-33-21(31)16-6-3-9-27-20(16)29-14-5-2-4-13(10-14)22(24,25)26/h2-11H,12H2,1H3,(H,27,29)(H,28,30). The highest BCUT2D eigenvalue weighted by molar-refractivity contribution is 6.32. The molecule has 0 aliphatic rings. The van der Waals surface area contributed by atoms with Crippen molar-refractivity contribution in [1.29, 1.82) is 0 Å². The number of hydrogen-bond acceptors (Lipinski definition) is 6. The number of anilines is 3. The van der Waals surface area contributed by atoms with E-state index in [0.29, 0.717) is 11.4 Å². The summed E-state index contributed by atoms with van der Waals surface area (Å²) in [6.07, 6.45) is -3.17. The van der Waals surface area contributed by atoms with Crippen molar-refractivity contribution in [3.05, 3.63) is 76.9 Å². The van der Waals surface area contributed by atoms with Crippen LogP contribution in [0.5, 0.6) is 5.75 Å². The van der Waals surface area contributed by atoms with Crippen LogP contribution in [-0.4, -0.2) is 30.6 Å². The summed E-state index contributed by atoms with van der Waals surface area (Å²) in [6.45, 7) is -0.611. The highest BCUT2D eigenvalue weighted by Gasteiger charge is 2.30. The molecule has 1 amide bonds. The number of esters is 1. The zero-order valence-corrected chi connectivity index (χ0v) is 17.8. The summed E-state index contributed by atoms with van der Waals surface area (Å²) < 4.78 is 48.9. The van der Waals surface area contributed by atoms with E-state index in [9.17, 15) is 22.8 Å². The number of pyridine rings is 1. The molecule has 3 aromatic rings. The van der Waals surface area contributed by atoms with Gasteiger partial charge in [-0.15, -0.1) is 0 Å². The van der Waals surface area contributed by atoms with Gasteiger partial charge in [-0.1, -0.05) is 17.7 Å². The molecule has 0 saturated heterocycles. The number of amides is 1. The van der Waals surface area contributed by atoms with Crippen molar-refractivity contribution in [3.63, 3.8) is 0 Å². The Hall–Kier alpha value is -3.79. The van der Waals surface area contributed by atoms with Crippen LogP contribution in [0.1, 0.15) is 15.9 Å². The summed E-state index contributed by atoms with van der Waals surface area (Å²) in [6, 6.07) is 11.8. The molecule has 33 heavy (non-hydrogen) atoms. The van der Waals surface area contributed by atoms with Crippen LogP contribution in [0.2, 0.25) is 5.02 Å². The van der Waals surface area contributed by atoms with E-state index in [1.165, 1.54) is 43.6 Å². The van der Waals surface area contributed by atoms with Gasteiger partial charge in [0.25, 0.3) is 5.91 Å². The van der Waals surface area contributed by atoms with Gasteiger partial charge >= 0.3 is 12.1 Å². The molecule has 0 radical (unpaired) electrons. The number of hydrogen-bond donors (Lipinski definition) is 2. The average Bonchev–Trinajstić information content (AvgIpc) is 2.77. The fraction of sp³-hybridized carbons (Fsp3) is 0.136. The predicted molar refractivity (Wildman–Crippen MR) is 116 cm³/mol. The molecule has 172 valence electrons. The van der Waals surface area contributed by atoms with Crippen LogP contribution in [0.25, 0.3) is 0 Å². The lowest BCUT2D eigenvalue weighted by Crippen LogP contribution is -2.21. The van der Waals surface area contributed by atoms with E-state index in [2.05, 4.69) is 15.6 Å². The van der Waals surface area contributed by atoms with Crippen LogP contribution >= 0.6 is 11.6 Å². The number of aromatic nitrogens is 1. The second kappa shape index (κ2) is 10.2. The predicted octanol–water partition coefficient (Wildman–Crippen LogP) is 5.30. The van der Waals surface area contributed by atoms with E-state index in [4.69, 9.17) is 21.1 Å². The molecule has 0 saturated carbocycles. The molecule has 2 aromatic carbocycles. The molecule has 1 heterocycles. The summed E-state index contributed by atoms with van der Waals surface area (Å²) in [7, 11) is 1.45. The van der Waals surface area contributed by atoms with E-state index in [1.54, 1.807) is 12.1 Å². The molecule has 0 aliphatic carbocycles. The Balaban J connectivity index is 1.65. The molecule has 0 fully saturated rings. The fourth-order valence-corrected chi connectivity index (χ4v) is 2.99. The Morgan fingerprint density at radius 2 is 1.85 bits per heavy atom. The monoisotopic (exact) mass is 479 g/mol. The van der Waals surface area contributed by atoms with Crippen LogP contribution in [0.4, 0.5) is 30.4 Å². The third-order valence-electron chi connectivity index (χ3n) is 4.25. The minimum atomic E-state index is -4.52. The maximum atomic E-state index is 12.9. The van der Waals surface area contributed by atoms with Gasteiger partial charge in [0.1, 0.15) is 17.1 Å². The van der Waals surface area contributed by atoms with E-state index in [-0.39, 0.29) is 22.1 Å². The molecular formula is C22H17ClF3N3O4. The second-order valence-corrected chi connectivity index (χ2v) is 6.98. The zero-order chi connectivity index (χ0) is 24.0. The van der Waals surface area contributed by atoms with E-state index >= 15 is 0 Å². The number of halogens is 4. The summed E-state index contributed by atoms with van der Waals surface area (Å²) >= 11 is 6.00. The van der Waals surface area contributed by atoms with E-state index in [0.717, 1.165) is 12.1 Å². The first-order chi connectivity index (χ1) is 15.7.